The fourth-order valence-corrected chi connectivity index (χ4v) is 4.42. The Bertz CT molecular complexity index is 1100. The minimum Gasteiger partial charge on any atom is -0.342 e. The Labute approximate surface area is 178 Å². The second-order valence-electron chi connectivity index (χ2n) is 7.40. The molecule has 1 aromatic carbocycles. The standard InChI is InChI=1S/C19H22FN5O5S/c1-11(2)16(24-31(29,30)13-5-3-12(20)4-6-13)18(27)23-14-10-25-8-7-21-15(25)9-22-19(28)17(14)26/h3-8,11,14,16,24H,9-10H2,1-2H3,(H,22,28)(H,23,27). The molecule has 31 heavy (non-hydrogen) atoms. The molecular formula is C19H22FN5O5S. The quantitative estimate of drug-likeness (QED) is 0.516. The highest BCUT2D eigenvalue weighted by Gasteiger charge is 2.34. The number of nitrogens with zero attached hydrogens (tertiary/aromatic N) is 2. The Hall–Kier alpha value is -3.12. The van der Waals surface area contributed by atoms with Crippen LogP contribution in [0.15, 0.2) is 41.6 Å². The summed E-state index contributed by atoms with van der Waals surface area (Å²) in [5.41, 5.74) is 0. The van der Waals surface area contributed by atoms with E-state index < -0.39 is 51.4 Å². The third kappa shape index (κ3) is 5.14. The number of imidazole rings is 1. The lowest BCUT2D eigenvalue weighted by atomic mass is 10.0. The zero-order valence-electron chi connectivity index (χ0n) is 16.8. The summed E-state index contributed by atoms with van der Waals surface area (Å²) in [5.74, 6) is -3.07. The molecule has 10 nitrogen and oxygen atoms in total. The number of fused-ring (bicyclic) bond motifs is 1. The third-order valence-corrected chi connectivity index (χ3v) is 6.26. The van der Waals surface area contributed by atoms with Crippen LogP contribution in [0.2, 0.25) is 0 Å². The summed E-state index contributed by atoms with van der Waals surface area (Å²) in [6, 6.07) is 1.70. The number of aromatic nitrogens is 2. The summed E-state index contributed by atoms with van der Waals surface area (Å²) in [4.78, 5) is 41.3. The summed E-state index contributed by atoms with van der Waals surface area (Å²) in [6.07, 6.45) is 3.11. The maximum atomic E-state index is 13.1. The predicted octanol–water partition coefficient (Wildman–Crippen LogP) is -0.291. The summed E-state index contributed by atoms with van der Waals surface area (Å²) in [7, 11) is -4.14. The molecule has 12 heteroatoms. The zero-order valence-corrected chi connectivity index (χ0v) is 17.6. The third-order valence-electron chi connectivity index (χ3n) is 4.80. The van der Waals surface area contributed by atoms with Gasteiger partial charge in [-0.25, -0.2) is 17.8 Å². The first-order chi connectivity index (χ1) is 14.6. The van der Waals surface area contributed by atoms with Gasteiger partial charge in [0.1, 0.15) is 23.7 Å². The van der Waals surface area contributed by atoms with Gasteiger partial charge in [-0.1, -0.05) is 13.8 Å². The number of halogens is 1. The van der Waals surface area contributed by atoms with Crippen LogP contribution in [0.4, 0.5) is 4.39 Å². The van der Waals surface area contributed by atoms with Gasteiger partial charge >= 0.3 is 0 Å². The first kappa shape index (κ1) is 22.6. The molecule has 2 heterocycles. The lowest BCUT2D eigenvalue weighted by molar-refractivity contribution is -0.141. The fourth-order valence-electron chi connectivity index (χ4n) is 3.07. The molecule has 0 radical (unpaired) electrons. The Morgan fingerprint density at radius 2 is 1.94 bits per heavy atom. The van der Waals surface area contributed by atoms with Gasteiger partial charge in [0.25, 0.3) is 5.91 Å². The van der Waals surface area contributed by atoms with Crippen LogP contribution in [0, 0.1) is 11.7 Å². The van der Waals surface area contributed by atoms with Crippen molar-refractivity contribution in [2.45, 2.75) is 43.9 Å². The van der Waals surface area contributed by atoms with E-state index in [-0.39, 0.29) is 18.0 Å². The van der Waals surface area contributed by atoms with Crippen molar-refractivity contribution >= 4 is 27.6 Å². The second kappa shape index (κ2) is 8.94. The molecule has 0 fully saturated rings. The first-order valence-corrected chi connectivity index (χ1v) is 11.0. The minimum atomic E-state index is -4.14. The highest BCUT2D eigenvalue weighted by Crippen LogP contribution is 2.14. The van der Waals surface area contributed by atoms with Gasteiger partial charge in [0, 0.05) is 12.4 Å². The SMILES string of the molecule is CC(C)C(NS(=O)(=O)c1ccc(F)cc1)C(=O)NC1Cn2ccnc2CNC(=O)C1=O. The smallest absolute Gasteiger partial charge is 0.290 e. The molecule has 0 bridgehead atoms. The lowest BCUT2D eigenvalue weighted by Gasteiger charge is -2.26. The number of sulfonamides is 1. The predicted molar refractivity (Wildman–Crippen MR) is 106 cm³/mol. The molecule has 0 saturated heterocycles. The van der Waals surface area contributed by atoms with Crippen molar-refractivity contribution in [3.05, 3.63) is 48.3 Å². The van der Waals surface area contributed by atoms with Crippen LogP contribution in [-0.4, -0.2) is 47.7 Å². The van der Waals surface area contributed by atoms with Crippen LogP contribution < -0.4 is 15.4 Å². The number of carbonyl (C=O) groups excluding carboxylic acids is 3. The highest BCUT2D eigenvalue weighted by molar-refractivity contribution is 7.89. The van der Waals surface area contributed by atoms with E-state index in [9.17, 15) is 27.2 Å². The molecule has 0 saturated carbocycles. The van der Waals surface area contributed by atoms with Crippen molar-refractivity contribution in [2.24, 2.45) is 5.92 Å². The largest absolute Gasteiger partial charge is 0.342 e. The molecule has 3 rings (SSSR count). The Kier molecular flexibility index (Phi) is 6.51. The number of carbonyl (C=O) groups is 3. The topological polar surface area (TPSA) is 139 Å². The monoisotopic (exact) mass is 451 g/mol. The molecule has 1 aliphatic rings. The highest BCUT2D eigenvalue weighted by atomic mass is 32.2. The van der Waals surface area contributed by atoms with Crippen LogP contribution in [0.3, 0.4) is 0 Å². The van der Waals surface area contributed by atoms with E-state index in [4.69, 9.17) is 0 Å². The molecule has 2 unspecified atom stereocenters. The van der Waals surface area contributed by atoms with Gasteiger partial charge in [-0.15, -0.1) is 0 Å². The molecule has 2 aromatic rings. The van der Waals surface area contributed by atoms with Crippen molar-refractivity contribution in [3.8, 4) is 0 Å². The number of hydrogen-bond donors (Lipinski definition) is 3. The molecule has 0 spiro atoms. The van der Waals surface area contributed by atoms with Gasteiger partial charge in [-0.05, 0) is 30.2 Å². The molecule has 1 aliphatic heterocycles. The summed E-state index contributed by atoms with van der Waals surface area (Å²) in [5, 5.41) is 4.91. The van der Waals surface area contributed by atoms with E-state index in [1.165, 1.54) is 6.20 Å². The molecule has 2 atom stereocenters. The molecule has 2 amide bonds. The molecule has 0 aliphatic carbocycles. The van der Waals surface area contributed by atoms with E-state index in [2.05, 4.69) is 20.3 Å². The van der Waals surface area contributed by atoms with E-state index in [0.29, 0.717) is 5.82 Å². The van der Waals surface area contributed by atoms with Crippen LogP contribution in [0.25, 0.3) is 0 Å². The van der Waals surface area contributed by atoms with Gasteiger partial charge in [-0.3, -0.25) is 14.4 Å². The number of Topliss-reactive ketones (excluding diaryl/α,β-unsaturated/α-hetero) is 1. The number of ketones is 1. The van der Waals surface area contributed by atoms with E-state index in [0.717, 1.165) is 24.3 Å². The van der Waals surface area contributed by atoms with Crippen molar-refractivity contribution in [1.82, 2.24) is 24.9 Å². The number of rotatable bonds is 6. The summed E-state index contributed by atoms with van der Waals surface area (Å²) in [6.45, 7) is 3.29. The molecule has 166 valence electrons. The van der Waals surface area contributed by atoms with Crippen molar-refractivity contribution in [3.63, 3.8) is 0 Å². The van der Waals surface area contributed by atoms with Gasteiger partial charge in [-0.2, -0.15) is 4.72 Å². The van der Waals surface area contributed by atoms with Crippen LogP contribution >= 0.6 is 0 Å². The summed E-state index contributed by atoms with van der Waals surface area (Å²) < 4.78 is 42.3. The zero-order chi connectivity index (χ0) is 22.8. The average Bonchev–Trinajstić information content (AvgIpc) is 3.15. The van der Waals surface area contributed by atoms with E-state index in [1.807, 2.05) is 0 Å². The van der Waals surface area contributed by atoms with Crippen LogP contribution in [0.1, 0.15) is 19.7 Å². The number of amides is 2. The van der Waals surface area contributed by atoms with Gasteiger partial charge in [0.15, 0.2) is 0 Å². The van der Waals surface area contributed by atoms with Crippen molar-refractivity contribution < 1.29 is 27.2 Å². The normalized spacial score (nSPS) is 18.0. The maximum Gasteiger partial charge on any atom is 0.290 e. The Morgan fingerprint density at radius 3 is 2.58 bits per heavy atom. The van der Waals surface area contributed by atoms with E-state index in [1.54, 1.807) is 24.6 Å². The molecule has 1 aromatic heterocycles. The van der Waals surface area contributed by atoms with Crippen LogP contribution in [-0.2, 0) is 37.5 Å². The number of benzene rings is 1. The van der Waals surface area contributed by atoms with Gasteiger partial charge in [0.05, 0.1) is 18.0 Å². The van der Waals surface area contributed by atoms with Gasteiger partial charge in [0.2, 0.25) is 21.7 Å². The average molecular weight is 451 g/mol. The Morgan fingerprint density at radius 1 is 1.26 bits per heavy atom. The van der Waals surface area contributed by atoms with Gasteiger partial charge < -0.3 is 15.2 Å². The van der Waals surface area contributed by atoms with Crippen molar-refractivity contribution in [1.29, 1.82) is 0 Å². The number of hydrogen-bond acceptors (Lipinski definition) is 6. The lowest BCUT2D eigenvalue weighted by Crippen LogP contribution is -2.57. The summed E-state index contributed by atoms with van der Waals surface area (Å²) >= 11 is 0. The van der Waals surface area contributed by atoms with Crippen LogP contribution in [0.5, 0.6) is 0 Å². The fraction of sp³-hybridized carbons (Fsp3) is 0.368. The second-order valence-corrected chi connectivity index (χ2v) is 9.11. The van der Waals surface area contributed by atoms with E-state index >= 15 is 0 Å². The maximum absolute atomic E-state index is 13.1. The molecule has 3 N–H and O–H groups in total. The minimum absolute atomic E-state index is 0.0249. The number of nitrogens with one attached hydrogen (secondary N) is 3. The van der Waals surface area contributed by atoms with Crippen molar-refractivity contribution in [2.75, 3.05) is 0 Å². The Balaban J connectivity index is 1.80. The first-order valence-electron chi connectivity index (χ1n) is 9.49. The molecular weight excluding hydrogens is 429 g/mol.